The molecular weight excluding hydrogens is 394 g/mol. The van der Waals surface area contributed by atoms with E-state index in [1.165, 1.54) is 45.9 Å². The molecule has 2 aromatic heterocycles. The first kappa shape index (κ1) is 19.4. The molecule has 1 aliphatic heterocycles. The minimum Gasteiger partial charge on any atom is -0.368 e. The number of para-hydroxylation sites is 1. The zero-order valence-electron chi connectivity index (χ0n) is 18.9. The van der Waals surface area contributed by atoms with Gasteiger partial charge in [-0.25, -0.2) is 4.98 Å². The van der Waals surface area contributed by atoms with Gasteiger partial charge in [-0.2, -0.15) is 9.61 Å². The minimum absolute atomic E-state index is 0.999. The Labute approximate surface area is 189 Å². The number of hydrogen-bond donors (Lipinski definition) is 0. The van der Waals surface area contributed by atoms with E-state index in [4.69, 9.17) is 10.1 Å². The van der Waals surface area contributed by atoms with Crippen molar-refractivity contribution in [2.45, 2.75) is 33.1 Å². The second-order valence-corrected chi connectivity index (χ2v) is 9.04. The van der Waals surface area contributed by atoms with Gasteiger partial charge in [-0.15, -0.1) is 0 Å². The van der Waals surface area contributed by atoms with Crippen molar-refractivity contribution >= 4 is 17.2 Å². The molecule has 0 bridgehead atoms. The largest absolute Gasteiger partial charge is 0.368 e. The van der Waals surface area contributed by atoms with Crippen molar-refractivity contribution in [3.63, 3.8) is 0 Å². The van der Waals surface area contributed by atoms with Gasteiger partial charge in [0.15, 0.2) is 5.65 Å². The van der Waals surface area contributed by atoms with Crippen molar-refractivity contribution in [2.75, 3.05) is 36.0 Å². The Morgan fingerprint density at radius 3 is 2.28 bits per heavy atom. The first-order chi connectivity index (χ1) is 15.7. The fourth-order valence-electron chi connectivity index (χ4n) is 5.46. The highest BCUT2D eigenvalue weighted by Crippen LogP contribution is 2.36. The van der Waals surface area contributed by atoms with Crippen LogP contribution in [0.25, 0.3) is 16.8 Å². The Morgan fingerprint density at radius 2 is 1.50 bits per heavy atom. The average Bonchev–Trinajstić information content (AvgIpc) is 3.42. The highest BCUT2D eigenvalue weighted by Gasteiger charge is 2.29. The molecule has 0 amide bonds. The smallest absolute Gasteiger partial charge is 0.165 e. The van der Waals surface area contributed by atoms with E-state index in [2.05, 4.69) is 82.8 Å². The molecule has 0 saturated carbocycles. The Morgan fingerprint density at radius 1 is 0.781 bits per heavy atom. The van der Waals surface area contributed by atoms with Gasteiger partial charge >= 0.3 is 0 Å². The maximum absolute atomic E-state index is 5.15. The van der Waals surface area contributed by atoms with Crippen LogP contribution in [0.15, 0.2) is 54.6 Å². The lowest BCUT2D eigenvalue weighted by molar-refractivity contribution is 0.634. The van der Waals surface area contributed by atoms with Crippen LogP contribution in [-0.2, 0) is 12.8 Å². The first-order valence-electron chi connectivity index (χ1n) is 11.7. The van der Waals surface area contributed by atoms with E-state index in [0.29, 0.717) is 0 Å². The van der Waals surface area contributed by atoms with Gasteiger partial charge in [0.1, 0.15) is 5.82 Å². The standard InChI is InChI=1S/C27H29N5/c1-19-9-6-7-14-24(19)30-15-17-31(18-16-30)27-22-12-8-13-23(22)28-26-25(20(2)29-32(26)27)21-10-4-3-5-11-21/h3-7,9-11,14H,8,12-13,15-18H2,1-2H3. The van der Waals surface area contributed by atoms with Gasteiger partial charge < -0.3 is 9.80 Å². The summed E-state index contributed by atoms with van der Waals surface area (Å²) < 4.78 is 2.14. The van der Waals surface area contributed by atoms with Gasteiger partial charge in [0.05, 0.1) is 5.69 Å². The molecule has 2 aromatic carbocycles. The van der Waals surface area contributed by atoms with Gasteiger partial charge in [0.2, 0.25) is 0 Å². The second kappa shape index (κ2) is 7.66. The highest BCUT2D eigenvalue weighted by atomic mass is 15.4. The molecule has 0 unspecified atom stereocenters. The molecule has 32 heavy (non-hydrogen) atoms. The van der Waals surface area contributed by atoms with Crippen LogP contribution < -0.4 is 9.80 Å². The number of hydrogen-bond acceptors (Lipinski definition) is 4. The molecule has 5 heteroatoms. The van der Waals surface area contributed by atoms with Crippen LogP contribution in [0.5, 0.6) is 0 Å². The molecule has 1 fully saturated rings. The zero-order valence-corrected chi connectivity index (χ0v) is 18.9. The lowest BCUT2D eigenvalue weighted by Gasteiger charge is -2.38. The monoisotopic (exact) mass is 423 g/mol. The summed E-state index contributed by atoms with van der Waals surface area (Å²) in [6.45, 7) is 8.37. The third-order valence-electron chi connectivity index (χ3n) is 7.03. The van der Waals surface area contributed by atoms with Crippen molar-refractivity contribution in [1.29, 1.82) is 0 Å². The van der Waals surface area contributed by atoms with Crippen LogP contribution in [0.4, 0.5) is 11.5 Å². The molecule has 1 saturated heterocycles. The van der Waals surface area contributed by atoms with Gasteiger partial charge in [-0.3, -0.25) is 0 Å². The van der Waals surface area contributed by atoms with E-state index in [9.17, 15) is 0 Å². The molecule has 4 aromatic rings. The SMILES string of the molecule is Cc1ccccc1N1CCN(c2c3c(nc4c(-c5ccccc5)c(C)nn24)CCC3)CC1. The van der Waals surface area contributed by atoms with E-state index < -0.39 is 0 Å². The number of aryl methyl sites for hydroxylation is 3. The lowest BCUT2D eigenvalue weighted by atomic mass is 10.1. The van der Waals surface area contributed by atoms with E-state index in [1.807, 2.05) is 0 Å². The Balaban J connectivity index is 1.41. The van der Waals surface area contributed by atoms with Gasteiger partial charge in [0.25, 0.3) is 0 Å². The third kappa shape index (κ3) is 3.07. The van der Waals surface area contributed by atoms with Crippen LogP contribution in [0.2, 0.25) is 0 Å². The molecule has 2 aliphatic rings. The fourth-order valence-corrected chi connectivity index (χ4v) is 5.46. The van der Waals surface area contributed by atoms with E-state index in [-0.39, 0.29) is 0 Å². The molecule has 162 valence electrons. The molecule has 0 atom stereocenters. The fraction of sp³-hybridized carbons (Fsp3) is 0.333. The van der Waals surface area contributed by atoms with E-state index >= 15 is 0 Å². The number of aromatic nitrogens is 3. The zero-order chi connectivity index (χ0) is 21.7. The summed E-state index contributed by atoms with van der Waals surface area (Å²) in [6, 6.07) is 19.3. The van der Waals surface area contributed by atoms with Crippen molar-refractivity contribution < 1.29 is 0 Å². The van der Waals surface area contributed by atoms with E-state index in [0.717, 1.165) is 50.4 Å². The number of piperazine rings is 1. The molecular formula is C27H29N5. The van der Waals surface area contributed by atoms with Gasteiger partial charge in [-0.05, 0) is 50.3 Å². The molecule has 0 N–H and O–H groups in total. The Hall–Kier alpha value is -3.34. The number of fused-ring (bicyclic) bond motifs is 2. The minimum atomic E-state index is 0.999. The number of rotatable bonds is 3. The summed E-state index contributed by atoms with van der Waals surface area (Å²) >= 11 is 0. The van der Waals surface area contributed by atoms with Crippen molar-refractivity contribution in [1.82, 2.24) is 14.6 Å². The van der Waals surface area contributed by atoms with Crippen LogP contribution >= 0.6 is 0 Å². The molecule has 1 aliphatic carbocycles. The maximum atomic E-state index is 5.15. The van der Waals surface area contributed by atoms with Gasteiger partial charge in [0, 0.05) is 48.7 Å². The quantitative estimate of drug-likeness (QED) is 0.473. The highest BCUT2D eigenvalue weighted by molar-refractivity contribution is 5.81. The molecule has 5 nitrogen and oxygen atoms in total. The summed E-state index contributed by atoms with van der Waals surface area (Å²) in [5, 5.41) is 5.03. The number of benzene rings is 2. The molecule has 6 rings (SSSR count). The lowest BCUT2D eigenvalue weighted by Crippen LogP contribution is -2.47. The first-order valence-corrected chi connectivity index (χ1v) is 11.7. The summed E-state index contributed by atoms with van der Waals surface area (Å²) in [5.41, 5.74) is 9.80. The van der Waals surface area contributed by atoms with Crippen LogP contribution in [0, 0.1) is 13.8 Å². The maximum Gasteiger partial charge on any atom is 0.165 e. The van der Waals surface area contributed by atoms with Crippen molar-refractivity contribution in [3.8, 4) is 11.1 Å². The Kier molecular flexibility index (Phi) is 4.63. The molecule has 3 heterocycles. The predicted molar refractivity (Wildman–Crippen MR) is 131 cm³/mol. The van der Waals surface area contributed by atoms with Crippen LogP contribution in [0.3, 0.4) is 0 Å². The topological polar surface area (TPSA) is 36.7 Å². The third-order valence-corrected chi connectivity index (χ3v) is 7.03. The number of anilines is 2. The second-order valence-electron chi connectivity index (χ2n) is 9.04. The van der Waals surface area contributed by atoms with Crippen molar-refractivity contribution in [2.24, 2.45) is 0 Å². The normalized spacial score (nSPS) is 16.1. The summed E-state index contributed by atoms with van der Waals surface area (Å²) in [5.74, 6) is 1.28. The van der Waals surface area contributed by atoms with E-state index in [1.54, 1.807) is 0 Å². The summed E-state index contributed by atoms with van der Waals surface area (Å²) in [7, 11) is 0. The van der Waals surface area contributed by atoms with Gasteiger partial charge in [-0.1, -0.05) is 48.5 Å². The average molecular weight is 424 g/mol. The summed E-state index contributed by atoms with van der Waals surface area (Å²) in [4.78, 5) is 10.2. The van der Waals surface area contributed by atoms with Crippen molar-refractivity contribution in [3.05, 3.63) is 77.1 Å². The summed E-state index contributed by atoms with van der Waals surface area (Å²) in [6.07, 6.45) is 3.36. The van der Waals surface area contributed by atoms with Crippen LogP contribution in [-0.4, -0.2) is 40.8 Å². The molecule has 0 radical (unpaired) electrons. The van der Waals surface area contributed by atoms with Crippen LogP contribution in [0.1, 0.15) is 28.9 Å². The Bertz CT molecular complexity index is 1280. The number of nitrogens with zero attached hydrogens (tertiary/aromatic N) is 5. The molecule has 0 spiro atoms. The predicted octanol–water partition coefficient (Wildman–Crippen LogP) is 4.83.